The molecular formula is C9H16S. The van der Waals surface area contributed by atoms with E-state index in [2.05, 4.69) is 11.8 Å². The van der Waals surface area contributed by atoms with Crippen molar-refractivity contribution in [2.75, 3.05) is 11.5 Å². The largest absolute Gasteiger partial charge is 0.162 e. The zero-order valence-corrected chi connectivity index (χ0v) is 7.33. The first kappa shape index (κ1) is 7.02. The van der Waals surface area contributed by atoms with Gasteiger partial charge in [-0.3, -0.25) is 0 Å². The Kier molecular flexibility index (Phi) is 2.22. The summed E-state index contributed by atoms with van der Waals surface area (Å²) in [5.74, 6) is 5.13. The zero-order valence-electron chi connectivity index (χ0n) is 6.51. The standard InChI is InChI=1S/C9H16S/c1-2-9-4-6-10-5-3-8(1)7-9/h8-9H,1-7H2. The van der Waals surface area contributed by atoms with E-state index < -0.39 is 0 Å². The number of rotatable bonds is 0. The second kappa shape index (κ2) is 3.17. The number of hydrogen-bond donors (Lipinski definition) is 0. The highest BCUT2D eigenvalue weighted by Gasteiger charge is 2.25. The minimum Gasteiger partial charge on any atom is -0.162 e. The highest BCUT2D eigenvalue weighted by atomic mass is 32.2. The molecule has 2 rings (SSSR count). The lowest BCUT2D eigenvalue weighted by Crippen LogP contribution is -2.03. The normalized spacial score (nSPS) is 40.8. The fraction of sp³-hybridized carbons (Fsp3) is 1.00. The van der Waals surface area contributed by atoms with E-state index in [1.165, 1.54) is 24.3 Å². The van der Waals surface area contributed by atoms with E-state index in [9.17, 15) is 0 Å². The molecule has 0 aromatic rings. The second-order valence-electron chi connectivity index (χ2n) is 3.73. The molecule has 0 nitrogen and oxygen atoms in total. The third-order valence-electron chi connectivity index (χ3n) is 2.99. The van der Waals surface area contributed by atoms with Crippen LogP contribution in [0.25, 0.3) is 0 Å². The van der Waals surface area contributed by atoms with Crippen molar-refractivity contribution >= 4 is 11.8 Å². The molecule has 1 aliphatic carbocycles. The van der Waals surface area contributed by atoms with Crippen LogP contribution in [0.5, 0.6) is 0 Å². The van der Waals surface area contributed by atoms with Gasteiger partial charge in [-0.25, -0.2) is 0 Å². The van der Waals surface area contributed by atoms with Crippen molar-refractivity contribution in [3.8, 4) is 0 Å². The molecule has 2 aliphatic rings. The maximum absolute atomic E-state index is 2.18. The molecule has 2 atom stereocenters. The zero-order chi connectivity index (χ0) is 6.81. The van der Waals surface area contributed by atoms with E-state index in [0.717, 1.165) is 11.8 Å². The lowest BCUT2D eigenvalue weighted by molar-refractivity contribution is 0.470. The Hall–Kier alpha value is 0.350. The van der Waals surface area contributed by atoms with E-state index in [0.29, 0.717) is 0 Å². The predicted octanol–water partition coefficient (Wildman–Crippen LogP) is 2.93. The van der Waals surface area contributed by atoms with Crippen LogP contribution in [0.2, 0.25) is 0 Å². The van der Waals surface area contributed by atoms with Crippen molar-refractivity contribution < 1.29 is 0 Å². The fourth-order valence-corrected chi connectivity index (χ4v) is 3.51. The van der Waals surface area contributed by atoms with Gasteiger partial charge in [0, 0.05) is 0 Å². The van der Waals surface area contributed by atoms with Crippen molar-refractivity contribution in [2.45, 2.75) is 32.1 Å². The lowest BCUT2D eigenvalue weighted by Gasteiger charge is -2.14. The third kappa shape index (κ3) is 1.50. The van der Waals surface area contributed by atoms with Crippen molar-refractivity contribution in [3.63, 3.8) is 0 Å². The molecule has 2 bridgehead atoms. The molecule has 2 unspecified atom stereocenters. The average Bonchev–Trinajstić information content (AvgIpc) is 2.30. The highest BCUT2D eigenvalue weighted by Crippen LogP contribution is 2.38. The molecule has 0 amide bonds. The number of thioether (sulfide) groups is 1. The van der Waals surface area contributed by atoms with E-state index in [4.69, 9.17) is 0 Å². The Labute approximate surface area is 67.8 Å². The van der Waals surface area contributed by atoms with Crippen LogP contribution in [0.15, 0.2) is 0 Å². The van der Waals surface area contributed by atoms with Gasteiger partial charge in [-0.1, -0.05) is 12.8 Å². The lowest BCUT2D eigenvalue weighted by atomic mass is 10.0. The SMILES string of the molecule is C1CC2CCC(CCS1)C2. The molecule has 2 fully saturated rings. The Bertz CT molecular complexity index is 99.3. The van der Waals surface area contributed by atoms with Gasteiger partial charge in [-0.2, -0.15) is 11.8 Å². The van der Waals surface area contributed by atoms with Gasteiger partial charge >= 0.3 is 0 Å². The Morgan fingerprint density at radius 3 is 2.00 bits per heavy atom. The molecule has 0 spiro atoms. The molecule has 0 aromatic carbocycles. The maximum atomic E-state index is 2.18. The van der Waals surface area contributed by atoms with Crippen molar-refractivity contribution in [3.05, 3.63) is 0 Å². The van der Waals surface area contributed by atoms with Gasteiger partial charge < -0.3 is 0 Å². The Morgan fingerprint density at radius 2 is 1.40 bits per heavy atom. The van der Waals surface area contributed by atoms with Crippen LogP contribution < -0.4 is 0 Å². The Morgan fingerprint density at radius 1 is 0.800 bits per heavy atom. The second-order valence-corrected chi connectivity index (χ2v) is 4.96. The van der Waals surface area contributed by atoms with Crippen molar-refractivity contribution in [1.29, 1.82) is 0 Å². The first-order valence-electron chi connectivity index (χ1n) is 4.53. The summed E-state index contributed by atoms with van der Waals surface area (Å²) < 4.78 is 0. The predicted molar refractivity (Wildman–Crippen MR) is 47.4 cm³/mol. The molecule has 1 aliphatic heterocycles. The molecule has 58 valence electrons. The van der Waals surface area contributed by atoms with Gasteiger partial charge in [-0.05, 0) is 42.6 Å². The number of hydrogen-bond acceptors (Lipinski definition) is 1. The van der Waals surface area contributed by atoms with E-state index in [-0.39, 0.29) is 0 Å². The van der Waals surface area contributed by atoms with Gasteiger partial charge in [0.05, 0.1) is 0 Å². The fourth-order valence-electron chi connectivity index (χ4n) is 2.30. The van der Waals surface area contributed by atoms with Crippen molar-refractivity contribution in [1.82, 2.24) is 0 Å². The molecule has 1 saturated carbocycles. The van der Waals surface area contributed by atoms with Crippen molar-refractivity contribution in [2.24, 2.45) is 11.8 Å². The average molecular weight is 156 g/mol. The summed E-state index contributed by atoms with van der Waals surface area (Å²) in [6, 6.07) is 0. The van der Waals surface area contributed by atoms with Gasteiger partial charge in [0.1, 0.15) is 0 Å². The first-order chi connectivity index (χ1) is 4.95. The first-order valence-corrected chi connectivity index (χ1v) is 5.68. The monoisotopic (exact) mass is 156 g/mol. The summed E-state index contributed by atoms with van der Waals surface area (Å²) in [4.78, 5) is 0. The molecule has 1 saturated heterocycles. The van der Waals surface area contributed by atoms with Gasteiger partial charge in [0.2, 0.25) is 0 Å². The summed E-state index contributed by atoms with van der Waals surface area (Å²) in [5.41, 5.74) is 0. The summed E-state index contributed by atoms with van der Waals surface area (Å²) in [6.07, 6.45) is 7.69. The van der Waals surface area contributed by atoms with Crippen LogP contribution in [-0.4, -0.2) is 11.5 Å². The highest BCUT2D eigenvalue weighted by molar-refractivity contribution is 7.99. The van der Waals surface area contributed by atoms with E-state index >= 15 is 0 Å². The minimum atomic E-state index is 1.12. The van der Waals surface area contributed by atoms with Gasteiger partial charge in [0.15, 0.2) is 0 Å². The van der Waals surface area contributed by atoms with Gasteiger partial charge in [0.25, 0.3) is 0 Å². The Balaban J connectivity index is 1.91. The van der Waals surface area contributed by atoms with Crippen LogP contribution in [0.1, 0.15) is 32.1 Å². The molecule has 0 aromatic heterocycles. The van der Waals surface area contributed by atoms with Crippen LogP contribution in [0.4, 0.5) is 0 Å². The summed E-state index contributed by atoms with van der Waals surface area (Å²) in [5, 5.41) is 0. The summed E-state index contributed by atoms with van der Waals surface area (Å²) >= 11 is 2.18. The summed E-state index contributed by atoms with van der Waals surface area (Å²) in [6.45, 7) is 0. The van der Waals surface area contributed by atoms with Crippen LogP contribution in [0.3, 0.4) is 0 Å². The minimum absolute atomic E-state index is 1.12. The molecule has 0 N–H and O–H groups in total. The number of fused-ring (bicyclic) bond motifs is 2. The molecular weight excluding hydrogens is 140 g/mol. The summed E-state index contributed by atoms with van der Waals surface area (Å²) in [7, 11) is 0. The molecule has 0 radical (unpaired) electrons. The van der Waals surface area contributed by atoms with E-state index in [1.54, 1.807) is 19.3 Å². The van der Waals surface area contributed by atoms with Crippen LogP contribution >= 0.6 is 11.8 Å². The quantitative estimate of drug-likeness (QED) is 0.519. The van der Waals surface area contributed by atoms with Gasteiger partial charge in [-0.15, -0.1) is 0 Å². The van der Waals surface area contributed by atoms with Crippen LogP contribution in [-0.2, 0) is 0 Å². The molecule has 10 heavy (non-hydrogen) atoms. The molecule has 1 heteroatoms. The topological polar surface area (TPSA) is 0 Å². The smallest absolute Gasteiger partial charge is 0.00649 e. The molecule has 1 heterocycles. The van der Waals surface area contributed by atoms with Crippen LogP contribution in [0, 0.1) is 11.8 Å². The maximum Gasteiger partial charge on any atom is -0.00649 e. The third-order valence-corrected chi connectivity index (χ3v) is 4.04. The van der Waals surface area contributed by atoms with E-state index in [1.807, 2.05) is 0 Å².